The van der Waals surface area contributed by atoms with Gasteiger partial charge in [-0.25, -0.2) is 14.8 Å². The first kappa shape index (κ1) is 24.4. The average Bonchev–Trinajstić information content (AvgIpc) is 3.24. The average molecular weight is 470 g/mol. The van der Waals surface area contributed by atoms with E-state index in [1.54, 1.807) is 0 Å². The smallest absolute Gasteiger partial charge is 0.433 e. The predicted molar refractivity (Wildman–Crippen MR) is 108 cm³/mol. The second-order valence-corrected chi connectivity index (χ2v) is 8.20. The summed E-state index contributed by atoms with van der Waals surface area (Å²) in [4.78, 5) is 30.8. The maximum absolute atomic E-state index is 13.1. The van der Waals surface area contributed by atoms with E-state index in [1.165, 1.54) is 13.1 Å². The van der Waals surface area contributed by atoms with Gasteiger partial charge in [-0.3, -0.25) is 4.79 Å². The van der Waals surface area contributed by atoms with Crippen LogP contribution in [0.2, 0.25) is 0 Å². The van der Waals surface area contributed by atoms with Gasteiger partial charge in [-0.15, -0.1) is 0 Å². The van der Waals surface area contributed by atoms with Gasteiger partial charge in [-0.1, -0.05) is 12.1 Å². The van der Waals surface area contributed by atoms with Crippen LogP contribution in [-0.2, 0) is 17.3 Å². The van der Waals surface area contributed by atoms with E-state index in [2.05, 4.69) is 25.8 Å². The summed E-state index contributed by atoms with van der Waals surface area (Å²) in [6.07, 6.45) is -3.17. The van der Waals surface area contributed by atoms with Gasteiger partial charge >= 0.3 is 12.3 Å². The number of hydrogen-bond acceptors (Lipinski definition) is 8. The Balaban J connectivity index is 1.83. The fourth-order valence-electron chi connectivity index (χ4n) is 4.00. The molecule has 1 aliphatic rings. The molecule has 1 saturated heterocycles. The lowest BCUT2D eigenvalue weighted by Gasteiger charge is -2.43. The molecule has 0 bridgehead atoms. The fraction of sp³-hybridized carbons (Fsp3) is 0.550. The van der Waals surface area contributed by atoms with E-state index < -0.39 is 35.3 Å². The zero-order valence-electron chi connectivity index (χ0n) is 18.1. The van der Waals surface area contributed by atoms with Crippen molar-refractivity contribution in [3.63, 3.8) is 0 Å². The Kier molecular flexibility index (Phi) is 7.20. The molecular weight excluding hydrogens is 445 g/mol. The van der Waals surface area contributed by atoms with E-state index in [9.17, 15) is 22.8 Å². The molecule has 2 amide bonds. The molecule has 0 aliphatic carbocycles. The number of primary amides is 1. The van der Waals surface area contributed by atoms with Crippen LogP contribution in [0, 0.1) is 11.3 Å². The van der Waals surface area contributed by atoms with Crippen LogP contribution in [0.1, 0.15) is 53.6 Å². The topological polar surface area (TPSA) is 145 Å². The van der Waals surface area contributed by atoms with Gasteiger partial charge < -0.3 is 25.6 Å². The number of hydrogen-bond donors (Lipinski definition) is 3. The second-order valence-electron chi connectivity index (χ2n) is 8.20. The number of amides is 2. The Morgan fingerprint density at radius 2 is 2.21 bits per heavy atom. The minimum Gasteiger partial charge on any atom is -0.449 e. The van der Waals surface area contributed by atoms with Crippen molar-refractivity contribution in [2.75, 3.05) is 20.2 Å². The third-order valence-electron chi connectivity index (χ3n) is 5.91. The first-order valence-corrected chi connectivity index (χ1v) is 10.3. The highest BCUT2D eigenvalue weighted by Crippen LogP contribution is 2.44. The van der Waals surface area contributed by atoms with Gasteiger partial charge in [-0.2, -0.15) is 13.2 Å². The maximum Gasteiger partial charge on any atom is 0.433 e. The number of carbonyl (C=O) groups is 2. The summed E-state index contributed by atoms with van der Waals surface area (Å²) in [7, 11) is 1.46. The fourth-order valence-corrected chi connectivity index (χ4v) is 4.00. The summed E-state index contributed by atoms with van der Waals surface area (Å²) < 4.78 is 49.7. The van der Waals surface area contributed by atoms with Crippen molar-refractivity contribution in [3.8, 4) is 0 Å². The number of rotatable bonds is 7. The summed E-state index contributed by atoms with van der Waals surface area (Å²) in [6, 6.07) is 1.77. The third kappa shape index (κ3) is 5.97. The molecule has 3 rings (SSSR count). The van der Waals surface area contributed by atoms with Crippen LogP contribution in [0.4, 0.5) is 18.0 Å². The maximum atomic E-state index is 13.1. The number of nitrogens with two attached hydrogens (primary N) is 1. The molecule has 33 heavy (non-hydrogen) atoms. The van der Waals surface area contributed by atoms with Crippen LogP contribution in [0.3, 0.4) is 0 Å². The molecule has 3 heterocycles. The molecule has 3 unspecified atom stereocenters. The van der Waals surface area contributed by atoms with Crippen molar-refractivity contribution in [3.05, 3.63) is 41.3 Å². The van der Waals surface area contributed by atoms with E-state index in [1.807, 2.05) is 6.92 Å². The zero-order valence-corrected chi connectivity index (χ0v) is 18.1. The minimum atomic E-state index is -4.58. The highest BCUT2D eigenvalue weighted by atomic mass is 19.4. The third-order valence-corrected chi connectivity index (χ3v) is 5.91. The predicted octanol–water partition coefficient (Wildman–Crippen LogP) is 2.23. The molecule has 10 nitrogen and oxygen atoms in total. The molecule has 0 saturated carbocycles. The van der Waals surface area contributed by atoms with Crippen molar-refractivity contribution in [1.82, 2.24) is 25.8 Å². The summed E-state index contributed by atoms with van der Waals surface area (Å²) >= 11 is 0. The van der Waals surface area contributed by atoms with Crippen LogP contribution in [0.25, 0.3) is 0 Å². The number of ether oxygens (including phenoxy) is 1. The largest absolute Gasteiger partial charge is 0.449 e. The Morgan fingerprint density at radius 1 is 1.45 bits per heavy atom. The molecule has 4 N–H and O–H groups in total. The van der Waals surface area contributed by atoms with E-state index in [0.29, 0.717) is 25.1 Å². The number of halogens is 3. The van der Waals surface area contributed by atoms with Crippen LogP contribution in [0.15, 0.2) is 22.9 Å². The molecular formula is C20H25F3N6O4. The lowest BCUT2D eigenvalue weighted by atomic mass is 9.67. The lowest BCUT2D eigenvalue weighted by Crippen LogP contribution is -2.44. The molecule has 2 aromatic rings. The molecule has 1 aliphatic heterocycles. The number of nitrogens with zero attached hydrogens (tertiary/aromatic N) is 3. The lowest BCUT2D eigenvalue weighted by molar-refractivity contribution is -0.141. The number of nitrogens with one attached hydrogen (secondary N) is 2. The van der Waals surface area contributed by atoms with Gasteiger partial charge in [0.15, 0.2) is 5.69 Å². The SMILES string of the molecule is CNC(=O)c1cc(CC(COC(N)=O)C2(C)CCNC(c3nccc(C(F)(F)F)n3)C2)on1. The highest BCUT2D eigenvalue weighted by Gasteiger charge is 2.42. The van der Waals surface area contributed by atoms with E-state index in [0.717, 1.165) is 12.3 Å². The standard InChI is InChI=1S/C20H25F3N6O4/c1-19(4-6-26-14(9-19)16-27-5-3-15(28-16)20(21,22)23)11(10-32-18(24)31)7-12-8-13(29-33-12)17(30)25-2/h3,5,8,11,14,26H,4,6-7,9-10H2,1-2H3,(H2,24,31)(H,25,30). The number of piperidine rings is 1. The molecule has 180 valence electrons. The van der Waals surface area contributed by atoms with E-state index in [4.69, 9.17) is 15.0 Å². The summed E-state index contributed by atoms with van der Waals surface area (Å²) in [5.74, 6) is -0.305. The normalized spacial score (nSPS) is 21.9. The Hall–Kier alpha value is -3.22. The van der Waals surface area contributed by atoms with Crippen molar-refractivity contribution < 1.29 is 32.0 Å². The minimum absolute atomic E-state index is 0.0342. The molecule has 0 spiro atoms. The van der Waals surface area contributed by atoms with Crippen molar-refractivity contribution in [2.24, 2.45) is 17.1 Å². The summed E-state index contributed by atoms with van der Waals surface area (Å²) in [5, 5.41) is 9.35. The summed E-state index contributed by atoms with van der Waals surface area (Å²) in [5.41, 5.74) is 3.73. The Morgan fingerprint density at radius 3 is 2.88 bits per heavy atom. The molecule has 0 radical (unpaired) electrons. The van der Waals surface area contributed by atoms with E-state index >= 15 is 0 Å². The molecule has 2 aromatic heterocycles. The molecule has 1 fully saturated rings. The Labute approximate surface area is 187 Å². The number of alkyl halides is 3. The van der Waals surface area contributed by atoms with Gasteiger partial charge in [0.05, 0.1) is 12.6 Å². The van der Waals surface area contributed by atoms with Crippen molar-refractivity contribution >= 4 is 12.0 Å². The van der Waals surface area contributed by atoms with Gasteiger partial charge in [0.2, 0.25) is 0 Å². The van der Waals surface area contributed by atoms with E-state index in [-0.39, 0.29) is 30.5 Å². The quantitative estimate of drug-likeness (QED) is 0.559. The molecule has 0 aromatic carbocycles. The van der Waals surface area contributed by atoms with Crippen LogP contribution in [0.5, 0.6) is 0 Å². The van der Waals surface area contributed by atoms with Crippen LogP contribution < -0.4 is 16.4 Å². The highest BCUT2D eigenvalue weighted by molar-refractivity contribution is 5.91. The molecule has 13 heteroatoms. The van der Waals surface area contributed by atoms with Crippen molar-refractivity contribution in [1.29, 1.82) is 0 Å². The Bertz CT molecular complexity index is 998. The monoisotopic (exact) mass is 470 g/mol. The van der Waals surface area contributed by atoms with Crippen molar-refractivity contribution in [2.45, 2.75) is 38.4 Å². The van der Waals surface area contributed by atoms with Gasteiger partial charge in [-0.05, 0) is 30.9 Å². The second kappa shape index (κ2) is 9.73. The first-order valence-electron chi connectivity index (χ1n) is 10.3. The van der Waals surface area contributed by atoms with Gasteiger partial charge in [0.1, 0.15) is 17.3 Å². The van der Waals surface area contributed by atoms with Gasteiger partial charge in [0, 0.05) is 31.6 Å². The summed E-state index contributed by atoms with van der Waals surface area (Å²) in [6.45, 7) is 2.38. The van der Waals surface area contributed by atoms with Crippen LogP contribution >= 0.6 is 0 Å². The zero-order chi connectivity index (χ0) is 24.2. The number of carbonyl (C=O) groups excluding carboxylic acids is 2. The number of aromatic nitrogens is 3. The first-order chi connectivity index (χ1) is 15.5. The van der Waals surface area contributed by atoms with Crippen LogP contribution in [-0.4, -0.2) is 47.3 Å². The van der Waals surface area contributed by atoms with Gasteiger partial charge in [0.25, 0.3) is 5.91 Å². The molecule has 3 atom stereocenters.